The van der Waals surface area contributed by atoms with Gasteiger partial charge in [-0.2, -0.15) is 0 Å². The van der Waals surface area contributed by atoms with E-state index in [0.717, 1.165) is 12.8 Å². The molecule has 15 heavy (non-hydrogen) atoms. The van der Waals surface area contributed by atoms with E-state index in [1.807, 2.05) is 0 Å². The third-order valence-corrected chi connectivity index (χ3v) is 2.99. The highest BCUT2D eigenvalue weighted by Gasteiger charge is 2.16. The van der Waals surface area contributed by atoms with Crippen molar-refractivity contribution >= 4 is 6.03 Å². The number of hydrogen-bond donors (Lipinski definition) is 2. The van der Waals surface area contributed by atoms with Crippen molar-refractivity contribution in [3.63, 3.8) is 0 Å². The molecule has 0 atom stereocenters. The molecule has 1 rings (SSSR count). The minimum atomic E-state index is 0.0207. The van der Waals surface area contributed by atoms with E-state index >= 15 is 0 Å². The number of carbonyl (C=O) groups excluding carboxylic acids is 1. The van der Waals surface area contributed by atoms with Crippen LogP contribution in [0.2, 0.25) is 0 Å². The summed E-state index contributed by atoms with van der Waals surface area (Å²) in [6.07, 6.45) is 7.36. The minimum absolute atomic E-state index is 0.0207. The second-order valence-corrected chi connectivity index (χ2v) is 4.35. The Kier molecular flexibility index (Phi) is 5.47. The molecule has 0 aromatic rings. The number of rotatable bonds is 3. The Morgan fingerprint density at radius 3 is 2.47 bits per heavy atom. The highest BCUT2D eigenvalue weighted by molar-refractivity contribution is 5.74. The fourth-order valence-electron chi connectivity index (χ4n) is 2.00. The predicted molar refractivity (Wildman–Crippen MR) is 61.7 cm³/mol. The molecule has 88 valence electrons. The summed E-state index contributed by atoms with van der Waals surface area (Å²) in [6, 6.07) is 0.396. The fourth-order valence-corrected chi connectivity index (χ4v) is 2.00. The Morgan fingerprint density at radius 2 is 1.93 bits per heavy atom. The molecule has 4 heteroatoms. The Labute approximate surface area is 92.2 Å². The summed E-state index contributed by atoms with van der Waals surface area (Å²) in [6.45, 7) is 1.15. The zero-order valence-electron chi connectivity index (χ0n) is 9.67. The van der Waals surface area contributed by atoms with Gasteiger partial charge in [0.15, 0.2) is 0 Å². The van der Waals surface area contributed by atoms with Crippen LogP contribution in [0.4, 0.5) is 4.79 Å². The molecule has 1 fully saturated rings. The van der Waals surface area contributed by atoms with Crippen molar-refractivity contribution in [3.05, 3.63) is 0 Å². The fraction of sp³-hybridized carbons (Fsp3) is 0.909. The van der Waals surface area contributed by atoms with Gasteiger partial charge in [0.05, 0.1) is 0 Å². The van der Waals surface area contributed by atoms with E-state index in [0.29, 0.717) is 19.1 Å². The number of likely N-dealkylation sites (N-methyl/N-ethyl adjacent to an activating group) is 1. The topological polar surface area (TPSA) is 58.4 Å². The normalized spacial score (nSPS) is 18.3. The smallest absolute Gasteiger partial charge is 0.317 e. The van der Waals surface area contributed by atoms with E-state index in [1.54, 1.807) is 11.9 Å². The van der Waals surface area contributed by atoms with Crippen LogP contribution in [0.25, 0.3) is 0 Å². The molecule has 0 spiro atoms. The summed E-state index contributed by atoms with van der Waals surface area (Å²) in [4.78, 5) is 13.3. The second kappa shape index (κ2) is 6.67. The number of hydrogen-bond acceptors (Lipinski definition) is 2. The summed E-state index contributed by atoms with van der Waals surface area (Å²) in [5.74, 6) is 0. The number of urea groups is 1. The molecule has 0 aromatic carbocycles. The standard InChI is InChI=1S/C11H23N3O/c1-14(9-8-12)11(15)13-10-6-4-2-3-5-7-10/h10H,2-9,12H2,1H3,(H,13,15). The average molecular weight is 213 g/mol. The van der Waals surface area contributed by atoms with Crippen LogP contribution in [0.1, 0.15) is 38.5 Å². The first-order valence-corrected chi connectivity index (χ1v) is 5.95. The van der Waals surface area contributed by atoms with Crippen LogP contribution in [0, 0.1) is 0 Å². The summed E-state index contributed by atoms with van der Waals surface area (Å²) in [5.41, 5.74) is 5.40. The molecule has 1 aliphatic rings. The summed E-state index contributed by atoms with van der Waals surface area (Å²) in [7, 11) is 1.79. The summed E-state index contributed by atoms with van der Waals surface area (Å²) >= 11 is 0. The molecule has 0 saturated heterocycles. The highest BCUT2D eigenvalue weighted by atomic mass is 16.2. The second-order valence-electron chi connectivity index (χ2n) is 4.35. The number of carbonyl (C=O) groups is 1. The third-order valence-electron chi connectivity index (χ3n) is 2.99. The van der Waals surface area contributed by atoms with Crippen LogP contribution < -0.4 is 11.1 Å². The van der Waals surface area contributed by atoms with Gasteiger partial charge in [-0.05, 0) is 12.8 Å². The molecule has 0 unspecified atom stereocenters. The lowest BCUT2D eigenvalue weighted by atomic mass is 10.1. The molecule has 0 aromatic heterocycles. The molecular formula is C11H23N3O. The molecular weight excluding hydrogens is 190 g/mol. The summed E-state index contributed by atoms with van der Waals surface area (Å²) < 4.78 is 0. The molecule has 0 aliphatic heterocycles. The number of amides is 2. The first-order valence-electron chi connectivity index (χ1n) is 5.95. The van der Waals surface area contributed by atoms with Crippen molar-refractivity contribution in [1.29, 1.82) is 0 Å². The molecule has 4 nitrogen and oxygen atoms in total. The molecule has 2 amide bonds. The van der Waals surface area contributed by atoms with Crippen LogP contribution in [0.15, 0.2) is 0 Å². The number of nitrogens with two attached hydrogens (primary N) is 1. The molecule has 0 radical (unpaired) electrons. The van der Waals surface area contributed by atoms with Gasteiger partial charge in [0.25, 0.3) is 0 Å². The lowest BCUT2D eigenvalue weighted by Gasteiger charge is -2.22. The van der Waals surface area contributed by atoms with Gasteiger partial charge in [-0.1, -0.05) is 25.7 Å². The van der Waals surface area contributed by atoms with Crippen molar-refractivity contribution in [1.82, 2.24) is 10.2 Å². The average Bonchev–Trinajstić information content (AvgIpc) is 2.46. The van der Waals surface area contributed by atoms with E-state index < -0.39 is 0 Å². The van der Waals surface area contributed by atoms with Crippen molar-refractivity contribution < 1.29 is 4.79 Å². The van der Waals surface area contributed by atoms with E-state index in [1.165, 1.54) is 25.7 Å². The Morgan fingerprint density at radius 1 is 1.33 bits per heavy atom. The van der Waals surface area contributed by atoms with Crippen LogP contribution in [0.3, 0.4) is 0 Å². The zero-order valence-corrected chi connectivity index (χ0v) is 9.67. The molecule has 1 aliphatic carbocycles. The predicted octanol–water partition coefficient (Wildman–Crippen LogP) is 1.31. The summed E-state index contributed by atoms with van der Waals surface area (Å²) in [5, 5.41) is 3.07. The lowest BCUT2D eigenvalue weighted by Crippen LogP contribution is -2.44. The zero-order chi connectivity index (χ0) is 11.1. The molecule has 3 N–H and O–H groups in total. The largest absolute Gasteiger partial charge is 0.335 e. The minimum Gasteiger partial charge on any atom is -0.335 e. The van der Waals surface area contributed by atoms with Crippen molar-refractivity contribution in [2.75, 3.05) is 20.1 Å². The maximum Gasteiger partial charge on any atom is 0.317 e. The van der Waals surface area contributed by atoms with Crippen molar-refractivity contribution in [2.24, 2.45) is 5.73 Å². The van der Waals surface area contributed by atoms with Gasteiger partial charge >= 0.3 is 6.03 Å². The van der Waals surface area contributed by atoms with Crippen LogP contribution in [-0.2, 0) is 0 Å². The Hall–Kier alpha value is -0.770. The first kappa shape index (κ1) is 12.3. The SMILES string of the molecule is CN(CCN)C(=O)NC1CCCCCC1. The van der Waals surface area contributed by atoms with E-state index in [2.05, 4.69) is 5.32 Å². The van der Waals surface area contributed by atoms with Gasteiger partial charge in [-0.25, -0.2) is 4.79 Å². The van der Waals surface area contributed by atoms with E-state index in [9.17, 15) is 4.79 Å². The van der Waals surface area contributed by atoms with Crippen LogP contribution in [-0.4, -0.2) is 37.1 Å². The number of nitrogens with zero attached hydrogens (tertiary/aromatic N) is 1. The van der Waals surface area contributed by atoms with E-state index in [4.69, 9.17) is 5.73 Å². The van der Waals surface area contributed by atoms with Crippen LogP contribution >= 0.6 is 0 Å². The molecule has 0 bridgehead atoms. The van der Waals surface area contributed by atoms with E-state index in [-0.39, 0.29) is 6.03 Å². The molecule has 1 saturated carbocycles. The Bertz CT molecular complexity index is 188. The van der Waals surface area contributed by atoms with Crippen molar-refractivity contribution in [3.8, 4) is 0 Å². The number of nitrogens with one attached hydrogen (secondary N) is 1. The van der Waals surface area contributed by atoms with Gasteiger partial charge in [0, 0.05) is 26.2 Å². The van der Waals surface area contributed by atoms with Gasteiger partial charge in [-0.3, -0.25) is 0 Å². The van der Waals surface area contributed by atoms with Crippen LogP contribution in [0.5, 0.6) is 0 Å². The maximum absolute atomic E-state index is 11.7. The Balaban J connectivity index is 2.28. The third kappa shape index (κ3) is 4.51. The lowest BCUT2D eigenvalue weighted by molar-refractivity contribution is 0.204. The quantitative estimate of drug-likeness (QED) is 0.694. The van der Waals surface area contributed by atoms with Gasteiger partial charge < -0.3 is 16.0 Å². The molecule has 0 heterocycles. The highest BCUT2D eigenvalue weighted by Crippen LogP contribution is 2.17. The van der Waals surface area contributed by atoms with Gasteiger partial charge in [0.1, 0.15) is 0 Å². The first-order chi connectivity index (χ1) is 7.24. The van der Waals surface area contributed by atoms with Gasteiger partial charge in [-0.15, -0.1) is 0 Å². The maximum atomic E-state index is 11.7. The van der Waals surface area contributed by atoms with Crippen molar-refractivity contribution in [2.45, 2.75) is 44.6 Å². The van der Waals surface area contributed by atoms with Gasteiger partial charge in [0.2, 0.25) is 0 Å². The monoisotopic (exact) mass is 213 g/mol.